The predicted molar refractivity (Wildman–Crippen MR) is 169 cm³/mol. The number of carbonyl (C=O) groups excluding carboxylic acids is 3. The van der Waals surface area contributed by atoms with Gasteiger partial charge in [0.1, 0.15) is 18.9 Å². The highest BCUT2D eigenvalue weighted by atomic mass is 35.5. The van der Waals surface area contributed by atoms with Gasteiger partial charge in [0.2, 0.25) is 5.91 Å². The first kappa shape index (κ1) is 30.0. The molecule has 0 bridgehead atoms. The van der Waals surface area contributed by atoms with Crippen LogP contribution < -0.4 is 9.64 Å². The second-order valence-corrected chi connectivity index (χ2v) is 11.9. The minimum Gasteiger partial charge on any atom is -0.488 e. The van der Waals surface area contributed by atoms with Crippen LogP contribution in [-0.4, -0.2) is 53.0 Å². The van der Waals surface area contributed by atoms with E-state index in [2.05, 4.69) is 24.8 Å². The lowest BCUT2D eigenvalue weighted by atomic mass is 10.00. The Morgan fingerprint density at radius 2 is 1.79 bits per heavy atom. The molecule has 0 N–H and O–H groups in total. The number of hydrogen-bond acceptors (Lipinski definition) is 6. The molecule has 10 heteroatoms. The molecule has 218 valence electrons. The summed E-state index contributed by atoms with van der Waals surface area (Å²) in [4.78, 5) is 44.5. The maximum atomic E-state index is 13.3. The van der Waals surface area contributed by atoms with E-state index in [-0.39, 0.29) is 24.0 Å². The number of ether oxygens (including phenoxy) is 1. The highest BCUT2D eigenvalue weighted by Gasteiger charge is 2.37. The smallest absolute Gasteiger partial charge is 0.294 e. The molecule has 0 aliphatic carbocycles. The van der Waals surface area contributed by atoms with Crippen molar-refractivity contribution < 1.29 is 19.1 Å². The Hall–Kier alpha value is -3.46. The van der Waals surface area contributed by atoms with Gasteiger partial charge in [-0.1, -0.05) is 53.5 Å². The quantitative estimate of drug-likeness (QED) is 0.238. The van der Waals surface area contributed by atoms with E-state index in [1.807, 2.05) is 42.5 Å². The lowest BCUT2D eigenvalue weighted by Gasteiger charge is -2.29. The molecule has 1 fully saturated rings. The maximum absolute atomic E-state index is 13.3. The van der Waals surface area contributed by atoms with Crippen molar-refractivity contribution in [3.8, 4) is 5.75 Å². The third kappa shape index (κ3) is 6.61. The van der Waals surface area contributed by atoms with E-state index in [1.54, 1.807) is 23.1 Å². The summed E-state index contributed by atoms with van der Waals surface area (Å²) in [6.45, 7) is 6.70. The number of halogens is 2. The highest BCUT2D eigenvalue weighted by molar-refractivity contribution is 8.18. The van der Waals surface area contributed by atoms with Gasteiger partial charge in [-0.15, -0.1) is 0 Å². The first-order valence-electron chi connectivity index (χ1n) is 13.8. The van der Waals surface area contributed by atoms with Crippen molar-refractivity contribution in [2.24, 2.45) is 0 Å². The van der Waals surface area contributed by atoms with Gasteiger partial charge in [0.05, 0.1) is 4.91 Å². The summed E-state index contributed by atoms with van der Waals surface area (Å²) >= 11 is 13.2. The summed E-state index contributed by atoms with van der Waals surface area (Å²) in [6, 6.07) is 19.0. The number of amides is 3. The third-order valence-corrected chi connectivity index (χ3v) is 8.96. The molecule has 5 rings (SSSR count). The van der Waals surface area contributed by atoms with Crippen LogP contribution in [-0.2, 0) is 29.2 Å². The molecule has 0 unspecified atom stereocenters. The van der Waals surface area contributed by atoms with E-state index in [0.717, 1.165) is 53.0 Å². The number of imide groups is 1. The van der Waals surface area contributed by atoms with Crippen LogP contribution in [0.1, 0.15) is 36.1 Å². The van der Waals surface area contributed by atoms with Crippen molar-refractivity contribution in [3.63, 3.8) is 0 Å². The zero-order valence-corrected chi connectivity index (χ0v) is 25.8. The molecule has 42 heavy (non-hydrogen) atoms. The van der Waals surface area contributed by atoms with E-state index in [4.69, 9.17) is 27.9 Å². The summed E-state index contributed by atoms with van der Waals surface area (Å²) in [5.74, 6) is -0.198. The molecule has 3 aromatic carbocycles. The van der Waals surface area contributed by atoms with Crippen LogP contribution in [0.15, 0.2) is 65.6 Å². The minimum absolute atomic E-state index is 0.188. The average molecular weight is 625 g/mol. The van der Waals surface area contributed by atoms with Gasteiger partial charge in [-0.3, -0.25) is 19.3 Å². The Bertz CT molecular complexity index is 1560. The molecule has 3 aromatic rings. The van der Waals surface area contributed by atoms with Crippen molar-refractivity contribution in [1.29, 1.82) is 0 Å². The molecule has 0 radical (unpaired) electrons. The van der Waals surface area contributed by atoms with Crippen LogP contribution in [0, 0.1) is 0 Å². The van der Waals surface area contributed by atoms with Gasteiger partial charge in [-0.2, -0.15) is 0 Å². The monoisotopic (exact) mass is 623 g/mol. The number of anilines is 1. The fourth-order valence-corrected chi connectivity index (χ4v) is 6.36. The Morgan fingerprint density at radius 3 is 2.52 bits per heavy atom. The molecular weight excluding hydrogens is 593 g/mol. The summed E-state index contributed by atoms with van der Waals surface area (Å²) < 4.78 is 6.22. The number of rotatable bonds is 9. The van der Waals surface area contributed by atoms with Gasteiger partial charge in [-0.05, 0) is 73.5 Å². The molecule has 0 aromatic heterocycles. The molecule has 0 atom stereocenters. The Kier molecular flexibility index (Phi) is 9.46. The van der Waals surface area contributed by atoms with E-state index < -0.39 is 11.1 Å². The van der Waals surface area contributed by atoms with E-state index in [0.29, 0.717) is 34.4 Å². The molecule has 0 saturated carbocycles. The number of thioether (sulfide) groups is 1. The zero-order chi connectivity index (χ0) is 29.8. The molecule has 2 aliphatic heterocycles. The van der Waals surface area contributed by atoms with Gasteiger partial charge in [0.15, 0.2) is 0 Å². The minimum atomic E-state index is -0.490. The molecule has 7 nitrogen and oxygen atoms in total. The molecule has 2 heterocycles. The molecule has 3 amide bonds. The largest absolute Gasteiger partial charge is 0.488 e. The molecule has 0 spiro atoms. The van der Waals surface area contributed by atoms with Crippen LogP contribution in [0.3, 0.4) is 0 Å². The van der Waals surface area contributed by atoms with Crippen molar-refractivity contribution in [3.05, 3.63) is 97.9 Å². The predicted octanol–water partition coefficient (Wildman–Crippen LogP) is 7.04. The fourth-order valence-electron chi connectivity index (χ4n) is 5.07. The van der Waals surface area contributed by atoms with Crippen molar-refractivity contribution >= 4 is 63.8 Å². The van der Waals surface area contributed by atoms with Crippen molar-refractivity contribution in [2.45, 2.75) is 33.4 Å². The lowest BCUT2D eigenvalue weighted by molar-refractivity contribution is -0.136. The standard InChI is InChI=1S/C32H31Cl2N3O4S/c1-3-35(4-2)26-12-10-22(28(17-26)41-20-24-9-11-25(33)16-27(24)34)15-29-31(39)37(32(40)42-29)19-30(38)36-14-13-21-7-5-6-8-23(21)18-36/h5-12,15-17H,3-4,13-14,18-20H2,1-2H3/b29-15+. The van der Waals surface area contributed by atoms with Crippen LogP contribution in [0.5, 0.6) is 5.75 Å². The molecule has 2 aliphatic rings. The fraction of sp³-hybridized carbons (Fsp3) is 0.281. The molecule has 1 saturated heterocycles. The first-order valence-corrected chi connectivity index (χ1v) is 15.4. The number of hydrogen-bond donors (Lipinski definition) is 0. The summed E-state index contributed by atoms with van der Waals surface area (Å²) in [7, 11) is 0. The SMILES string of the molecule is CCN(CC)c1ccc(/C=C2/SC(=O)N(CC(=O)N3CCc4ccccc4C3)C2=O)c(OCc2ccc(Cl)cc2Cl)c1. The second-order valence-electron chi connectivity index (χ2n) is 10.0. The maximum Gasteiger partial charge on any atom is 0.294 e. The van der Waals surface area contributed by atoms with E-state index >= 15 is 0 Å². The average Bonchev–Trinajstić information content (AvgIpc) is 3.25. The van der Waals surface area contributed by atoms with Crippen LogP contribution >= 0.6 is 35.0 Å². The second kappa shape index (κ2) is 13.2. The Morgan fingerprint density at radius 1 is 1.02 bits per heavy atom. The number of benzene rings is 3. The normalized spacial score (nSPS) is 15.8. The number of carbonyl (C=O) groups is 3. The Labute approximate surface area is 260 Å². The Balaban J connectivity index is 1.35. The lowest BCUT2D eigenvalue weighted by Crippen LogP contribution is -2.44. The van der Waals surface area contributed by atoms with Crippen molar-refractivity contribution in [2.75, 3.05) is 31.1 Å². The van der Waals surface area contributed by atoms with Gasteiger partial charge >= 0.3 is 0 Å². The molecular formula is C32H31Cl2N3O4S. The van der Waals surface area contributed by atoms with E-state index in [1.165, 1.54) is 5.56 Å². The summed E-state index contributed by atoms with van der Waals surface area (Å²) in [5.41, 5.74) is 4.68. The zero-order valence-electron chi connectivity index (χ0n) is 23.4. The van der Waals surface area contributed by atoms with Gasteiger partial charge in [-0.25, -0.2) is 0 Å². The number of fused-ring (bicyclic) bond motifs is 1. The topological polar surface area (TPSA) is 70.2 Å². The summed E-state index contributed by atoms with van der Waals surface area (Å²) in [6.07, 6.45) is 2.40. The van der Waals surface area contributed by atoms with Crippen LogP contribution in [0.4, 0.5) is 10.5 Å². The summed E-state index contributed by atoms with van der Waals surface area (Å²) in [5, 5.41) is 0.561. The van der Waals surface area contributed by atoms with Crippen molar-refractivity contribution in [1.82, 2.24) is 9.80 Å². The van der Waals surface area contributed by atoms with Gasteiger partial charge < -0.3 is 14.5 Å². The number of nitrogens with zero attached hydrogens (tertiary/aromatic N) is 3. The van der Waals surface area contributed by atoms with Crippen LogP contribution in [0.25, 0.3) is 6.08 Å². The first-order chi connectivity index (χ1) is 20.3. The van der Waals surface area contributed by atoms with Gasteiger partial charge in [0, 0.05) is 59.1 Å². The van der Waals surface area contributed by atoms with E-state index in [9.17, 15) is 14.4 Å². The van der Waals surface area contributed by atoms with Crippen LogP contribution in [0.2, 0.25) is 10.0 Å². The van der Waals surface area contributed by atoms with Gasteiger partial charge in [0.25, 0.3) is 11.1 Å². The third-order valence-electron chi connectivity index (χ3n) is 7.46. The highest BCUT2D eigenvalue weighted by Crippen LogP contribution is 2.36.